The largest absolute Gasteiger partial charge is 0.344 e. The van der Waals surface area contributed by atoms with Gasteiger partial charge in [0, 0.05) is 11.5 Å². The highest BCUT2D eigenvalue weighted by Crippen LogP contribution is 2.17. The van der Waals surface area contributed by atoms with Crippen molar-refractivity contribution in [3.05, 3.63) is 72.1 Å². The molecular formula is C16H14BrN3O. The zero-order chi connectivity index (χ0) is 14.7. The smallest absolute Gasteiger partial charge is 0.255 e. The summed E-state index contributed by atoms with van der Waals surface area (Å²) in [5.41, 5.74) is 2.45. The van der Waals surface area contributed by atoms with Gasteiger partial charge in [-0.25, -0.2) is 4.52 Å². The van der Waals surface area contributed by atoms with Crippen LogP contribution < -0.4 is 5.32 Å². The Bertz CT molecular complexity index is 754. The molecule has 21 heavy (non-hydrogen) atoms. The van der Waals surface area contributed by atoms with E-state index in [2.05, 4.69) is 26.3 Å². The minimum Gasteiger partial charge on any atom is -0.344 e. The third kappa shape index (κ3) is 2.83. The summed E-state index contributed by atoms with van der Waals surface area (Å²) in [4.78, 5) is 12.5. The van der Waals surface area contributed by atoms with E-state index in [4.69, 9.17) is 0 Å². The number of nitrogens with one attached hydrogen (secondary N) is 1. The first-order valence-corrected chi connectivity index (χ1v) is 7.76. The van der Waals surface area contributed by atoms with E-state index in [0.717, 1.165) is 11.1 Å². The normalized spacial score (nSPS) is 12.2. The van der Waals surface area contributed by atoms with Gasteiger partial charge in [-0.1, -0.05) is 52.3 Å². The molecule has 3 rings (SSSR count). The van der Waals surface area contributed by atoms with E-state index in [0.29, 0.717) is 10.9 Å². The van der Waals surface area contributed by atoms with Crippen molar-refractivity contribution in [2.75, 3.05) is 5.33 Å². The standard InChI is InChI=1S/C16H14BrN3O/c17-10-14(12-6-2-1-3-7-12)19-16(21)13-11-18-20-9-5-4-8-15(13)20/h1-9,11,14H,10H2,(H,19,21). The summed E-state index contributed by atoms with van der Waals surface area (Å²) in [6, 6.07) is 15.5. The number of fused-ring (bicyclic) bond motifs is 1. The summed E-state index contributed by atoms with van der Waals surface area (Å²) in [6.07, 6.45) is 3.42. The number of nitrogens with zero attached hydrogens (tertiary/aromatic N) is 2. The number of carbonyl (C=O) groups is 1. The van der Waals surface area contributed by atoms with Crippen LogP contribution in [0.3, 0.4) is 0 Å². The Hall–Kier alpha value is -2.14. The average Bonchev–Trinajstić information content (AvgIpc) is 2.97. The first-order valence-electron chi connectivity index (χ1n) is 6.64. The molecule has 5 heteroatoms. The number of hydrogen-bond donors (Lipinski definition) is 1. The zero-order valence-corrected chi connectivity index (χ0v) is 12.8. The molecule has 0 bridgehead atoms. The maximum atomic E-state index is 12.5. The van der Waals surface area contributed by atoms with Crippen molar-refractivity contribution in [3.8, 4) is 0 Å². The average molecular weight is 344 g/mol. The highest BCUT2D eigenvalue weighted by atomic mass is 79.9. The van der Waals surface area contributed by atoms with Gasteiger partial charge in [-0.15, -0.1) is 0 Å². The van der Waals surface area contributed by atoms with Gasteiger partial charge in [-0.3, -0.25) is 4.79 Å². The second-order valence-corrected chi connectivity index (χ2v) is 5.33. The lowest BCUT2D eigenvalue weighted by molar-refractivity contribution is 0.0942. The summed E-state index contributed by atoms with van der Waals surface area (Å²) in [5, 5.41) is 7.88. The highest BCUT2D eigenvalue weighted by Gasteiger charge is 2.17. The van der Waals surface area contributed by atoms with Crippen LogP contribution in [0.2, 0.25) is 0 Å². The summed E-state index contributed by atoms with van der Waals surface area (Å²) in [7, 11) is 0. The van der Waals surface area contributed by atoms with E-state index in [1.165, 1.54) is 0 Å². The molecule has 0 aliphatic heterocycles. The summed E-state index contributed by atoms with van der Waals surface area (Å²) < 4.78 is 1.70. The molecule has 1 unspecified atom stereocenters. The maximum absolute atomic E-state index is 12.5. The summed E-state index contributed by atoms with van der Waals surface area (Å²) >= 11 is 3.46. The van der Waals surface area contributed by atoms with Crippen molar-refractivity contribution in [1.29, 1.82) is 0 Å². The number of carbonyl (C=O) groups excluding carboxylic acids is 1. The van der Waals surface area contributed by atoms with Crippen molar-refractivity contribution in [3.63, 3.8) is 0 Å². The van der Waals surface area contributed by atoms with E-state index < -0.39 is 0 Å². The molecule has 0 saturated carbocycles. The Balaban J connectivity index is 1.85. The fourth-order valence-electron chi connectivity index (χ4n) is 2.24. The van der Waals surface area contributed by atoms with E-state index >= 15 is 0 Å². The van der Waals surface area contributed by atoms with Gasteiger partial charge in [0.2, 0.25) is 0 Å². The van der Waals surface area contributed by atoms with Gasteiger partial charge in [0.25, 0.3) is 5.91 Å². The second kappa shape index (κ2) is 6.10. The number of amides is 1. The third-order valence-corrected chi connectivity index (χ3v) is 3.98. The molecule has 1 N–H and O–H groups in total. The van der Waals surface area contributed by atoms with Gasteiger partial charge in [-0.2, -0.15) is 5.10 Å². The molecule has 0 radical (unpaired) electrons. The van der Waals surface area contributed by atoms with E-state index in [-0.39, 0.29) is 11.9 Å². The van der Waals surface area contributed by atoms with Gasteiger partial charge in [0.1, 0.15) is 0 Å². The molecule has 0 spiro atoms. The Morgan fingerprint density at radius 3 is 2.71 bits per heavy atom. The van der Waals surface area contributed by atoms with Crippen LogP contribution >= 0.6 is 15.9 Å². The van der Waals surface area contributed by atoms with Gasteiger partial charge in [-0.05, 0) is 17.7 Å². The predicted molar refractivity (Wildman–Crippen MR) is 85.6 cm³/mol. The van der Waals surface area contributed by atoms with Crippen LogP contribution in [-0.4, -0.2) is 20.9 Å². The molecule has 106 valence electrons. The molecular weight excluding hydrogens is 330 g/mol. The van der Waals surface area contributed by atoms with Crippen LogP contribution in [0.25, 0.3) is 5.52 Å². The lowest BCUT2D eigenvalue weighted by Crippen LogP contribution is -2.29. The van der Waals surface area contributed by atoms with Crippen LogP contribution in [0.5, 0.6) is 0 Å². The molecule has 0 aliphatic rings. The van der Waals surface area contributed by atoms with Crippen molar-refractivity contribution < 1.29 is 4.79 Å². The Labute approximate surface area is 130 Å². The molecule has 0 fully saturated rings. The molecule has 3 aromatic rings. The van der Waals surface area contributed by atoms with Crippen LogP contribution in [0.15, 0.2) is 60.9 Å². The molecule has 0 aliphatic carbocycles. The van der Waals surface area contributed by atoms with Crippen LogP contribution in [-0.2, 0) is 0 Å². The predicted octanol–water partition coefficient (Wildman–Crippen LogP) is 3.20. The highest BCUT2D eigenvalue weighted by molar-refractivity contribution is 9.09. The molecule has 1 amide bonds. The van der Waals surface area contributed by atoms with Crippen molar-refractivity contribution in [2.24, 2.45) is 0 Å². The molecule has 1 aromatic carbocycles. The van der Waals surface area contributed by atoms with Crippen LogP contribution in [0, 0.1) is 0 Å². The molecule has 4 nitrogen and oxygen atoms in total. The first kappa shape index (κ1) is 13.8. The van der Waals surface area contributed by atoms with Crippen molar-refractivity contribution in [1.82, 2.24) is 14.9 Å². The quantitative estimate of drug-likeness (QED) is 0.739. The fourth-order valence-corrected chi connectivity index (χ4v) is 2.78. The molecule has 2 heterocycles. The summed E-state index contributed by atoms with van der Waals surface area (Å²) in [5.74, 6) is -0.121. The van der Waals surface area contributed by atoms with Crippen molar-refractivity contribution >= 4 is 27.4 Å². The van der Waals surface area contributed by atoms with Crippen LogP contribution in [0.1, 0.15) is 22.0 Å². The van der Waals surface area contributed by atoms with E-state index in [1.54, 1.807) is 10.7 Å². The molecule has 1 atom stereocenters. The SMILES string of the molecule is O=C(NC(CBr)c1ccccc1)c1cnn2ccccc12. The number of hydrogen-bond acceptors (Lipinski definition) is 2. The monoisotopic (exact) mass is 343 g/mol. The summed E-state index contributed by atoms with van der Waals surface area (Å²) in [6.45, 7) is 0. The Morgan fingerprint density at radius 1 is 1.19 bits per heavy atom. The third-order valence-electron chi connectivity index (χ3n) is 3.33. The Kier molecular flexibility index (Phi) is 4.01. The number of aromatic nitrogens is 2. The molecule has 0 saturated heterocycles. The maximum Gasteiger partial charge on any atom is 0.255 e. The topological polar surface area (TPSA) is 46.4 Å². The van der Waals surface area contributed by atoms with Crippen molar-refractivity contribution in [2.45, 2.75) is 6.04 Å². The van der Waals surface area contributed by atoms with Gasteiger partial charge < -0.3 is 5.32 Å². The number of halogens is 1. The minimum atomic E-state index is -0.121. The minimum absolute atomic E-state index is 0.0719. The fraction of sp³-hybridized carbons (Fsp3) is 0.125. The molecule has 2 aromatic heterocycles. The Morgan fingerprint density at radius 2 is 1.95 bits per heavy atom. The lowest BCUT2D eigenvalue weighted by Gasteiger charge is -2.16. The van der Waals surface area contributed by atoms with E-state index in [1.807, 2.05) is 54.7 Å². The number of pyridine rings is 1. The number of rotatable bonds is 4. The zero-order valence-electron chi connectivity index (χ0n) is 11.2. The van der Waals surface area contributed by atoms with E-state index in [9.17, 15) is 4.79 Å². The van der Waals surface area contributed by atoms with Gasteiger partial charge in [0.05, 0.1) is 23.3 Å². The lowest BCUT2D eigenvalue weighted by atomic mass is 10.1. The number of alkyl halides is 1. The van der Waals surface area contributed by atoms with Gasteiger partial charge in [0.15, 0.2) is 0 Å². The van der Waals surface area contributed by atoms with Crippen LogP contribution in [0.4, 0.5) is 0 Å². The first-order chi connectivity index (χ1) is 10.3. The number of benzene rings is 1. The van der Waals surface area contributed by atoms with Gasteiger partial charge >= 0.3 is 0 Å². The second-order valence-electron chi connectivity index (χ2n) is 4.68.